The lowest BCUT2D eigenvalue weighted by Crippen LogP contribution is -2.27. The fourth-order valence-electron chi connectivity index (χ4n) is 0.569. The van der Waals surface area contributed by atoms with Crippen LogP contribution in [0.5, 0.6) is 0 Å². The minimum Gasteiger partial charge on any atom is -0.388 e. The summed E-state index contributed by atoms with van der Waals surface area (Å²) in [5.74, 6) is 0. The van der Waals surface area contributed by atoms with Gasteiger partial charge < -0.3 is 14.6 Å². The van der Waals surface area contributed by atoms with Gasteiger partial charge in [-0.25, -0.2) is 0 Å². The fourth-order valence-corrected chi connectivity index (χ4v) is 0.569. The molecule has 0 aromatic carbocycles. The Hall–Kier alpha value is -0.120. The van der Waals surface area contributed by atoms with E-state index < -0.39 is 12.4 Å². The van der Waals surface area contributed by atoms with Crippen LogP contribution in [0.25, 0.3) is 0 Å². The number of rotatable bonds is 4. The average molecular weight is 134 g/mol. The molecular formula is C6H14O3. The average Bonchev–Trinajstić information content (AvgIpc) is 1.82. The van der Waals surface area contributed by atoms with Gasteiger partial charge in [0.05, 0.1) is 0 Å². The standard InChI is InChI=1S/C6H14O3/c1-4-9-6(8-3)5(2)7/h5-7H,4H2,1-3H3. The topological polar surface area (TPSA) is 38.7 Å². The van der Waals surface area contributed by atoms with Crippen molar-refractivity contribution in [2.75, 3.05) is 13.7 Å². The Morgan fingerprint density at radius 2 is 2.11 bits per heavy atom. The van der Waals surface area contributed by atoms with Gasteiger partial charge in [-0.2, -0.15) is 0 Å². The highest BCUT2D eigenvalue weighted by atomic mass is 16.7. The largest absolute Gasteiger partial charge is 0.388 e. The molecule has 1 N–H and O–H groups in total. The van der Waals surface area contributed by atoms with Gasteiger partial charge in [-0.15, -0.1) is 0 Å². The number of aliphatic hydroxyl groups is 1. The molecule has 56 valence electrons. The molecule has 3 nitrogen and oxygen atoms in total. The number of ether oxygens (including phenoxy) is 2. The van der Waals surface area contributed by atoms with E-state index in [0.717, 1.165) is 0 Å². The minimum atomic E-state index is -0.560. The molecule has 0 aliphatic rings. The van der Waals surface area contributed by atoms with Crippen LogP contribution in [-0.4, -0.2) is 31.2 Å². The van der Waals surface area contributed by atoms with Crippen molar-refractivity contribution >= 4 is 0 Å². The van der Waals surface area contributed by atoms with E-state index in [1.165, 1.54) is 7.11 Å². The van der Waals surface area contributed by atoms with Crippen LogP contribution in [0.15, 0.2) is 0 Å². The Labute approximate surface area is 55.6 Å². The molecule has 0 heterocycles. The summed E-state index contributed by atoms with van der Waals surface area (Å²) in [6.07, 6.45) is -1.04. The molecule has 3 heteroatoms. The maximum atomic E-state index is 8.89. The van der Waals surface area contributed by atoms with Crippen molar-refractivity contribution in [3.8, 4) is 0 Å². The van der Waals surface area contributed by atoms with Crippen LogP contribution in [0, 0.1) is 0 Å². The first-order valence-electron chi connectivity index (χ1n) is 3.04. The molecule has 0 fully saturated rings. The third-order valence-corrected chi connectivity index (χ3v) is 0.957. The number of hydrogen-bond donors (Lipinski definition) is 1. The lowest BCUT2D eigenvalue weighted by atomic mass is 10.4. The van der Waals surface area contributed by atoms with Gasteiger partial charge in [-0.05, 0) is 13.8 Å². The number of methoxy groups -OCH3 is 1. The van der Waals surface area contributed by atoms with Gasteiger partial charge >= 0.3 is 0 Å². The molecule has 0 spiro atoms. The molecule has 0 bridgehead atoms. The van der Waals surface area contributed by atoms with Crippen LogP contribution < -0.4 is 0 Å². The van der Waals surface area contributed by atoms with Crippen molar-refractivity contribution in [3.05, 3.63) is 0 Å². The van der Waals surface area contributed by atoms with Crippen LogP contribution in [0.4, 0.5) is 0 Å². The van der Waals surface area contributed by atoms with E-state index in [9.17, 15) is 0 Å². The Bertz CT molecular complexity index is 63.3. The van der Waals surface area contributed by atoms with Crippen molar-refractivity contribution in [2.45, 2.75) is 26.2 Å². The van der Waals surface area contributed by atoms with E-state index in [4.69, 9.17) is 14.6 Å². The van der Waals surface area contributed by atoms with E-state index >= 15 is 0 Å². The van der Waals surface area contributed by atoms with Crippen molar-refractivity contribution in [1.29, 1.82) is 0 Å². The zero-order valence-corrected chi connectivity index (χ0v) is 6.13. The minimum absolute atomic E-state index is 0.477. The molecule has 0 aromatic rings. The van der Waals surface area contributed by atoms with E-state index in [-0.39, 0.29) is 0 Å². The van der Waals surface area contributed by atoms with Crippen molar-refractivity contribution in [3.63, 3.8) is 0 Å². The molecule has 0 amide bonds. The second-order valence-electron chi connectivity index (χ2n) is 1.80. The second-order valence-corrected chi connectivity index (χ2v) is 1.80. The highest BCUT2D eigenvalue weighted by Gasteiger charge is 2.11. The van der Waals surface area contributed by atoms with Gasteiger partial charge in [0.1, 0.15) is 6.10 Å². The summed E-state index contributed by atoms with van der Waals surface area (Å²) >= 11 is 0. The first-order valence-corrected chi connectivity index (χ1v) is 3.04. The van der Waals surface area contributed by atoms with Gasteiger partial charge in [0.2, 0.25) is 0 Å². The zero-order valence-electron chi connectivity index (χ0n) is 6.13. The van der Waals surface area contributed by atoms with Crippen LogP contribution >= 0.6 is 0 Å². The molecule has 0 aliphatic carbocycles. The highest BCUT2D eigenvalue weighted by molar-refractivity contribution is 4.49. The van der Waals surface area contributed by atoms with Crippen LogP contribution in [0.2, 0.25) is 0 Å². The first kappa shape index (κ1) is 8.88. The summed E-state index contributed by atoms with van der Waals surface area (Å²) in [6, 6.07) is 0. The van der Waals surface area contributed by atoms with Crippen molar-refractivity contribution < 1.29 is 14.6 Å². The van der Waals surface area contributed by atoms with Crippen LogP contribution in [0.1, 0.15) is 13.8 Å². The molecule has 9 heavy (non-hydrogen) atoms. The fraction of sp³-hybridized carbons (Fsp3) is 1.00. The van der Waals surface area contributed by atoms with E-state index in [1.54, 1.807) is 6.92 Å². The van der Waals surface area contributed by atoms with Gasteiger partial charge in [-0.3, -0.25) is 0 Å². The summed E-state index contributed by atoms with van der Waals surface area (Å²) < 4.78 is 9.76. The molecular weight excluding hydrogens is 120 g/mol. The lowest BCUT2D eigenvalue weighted by Gasteiger charge is -2.17. The molecule has 2 unspecified atom stereocenters. The second kappa shape index (κ2) is 4.73. The predicted octanol–water partition coefficient (Wildman–Crippen LogP) is 0.376. The first-order chi connectivity index (χ1) is 4.22. The smallest absolute Gasteiger partial charge is 0.182 e. The van der Waals surface area contributed by atoms with Crippen molar-refractivity contribution in [1.82, 2.24) is 0 Å². The summed E-state index contributed by atoms with van der Waals surface area (Å²) in [6.45, 7) is 4.04. The summed E-state index contributed by atoms with van der Waals surface area (Å²) in [7, 11) is 1.51. The molecule has 0 rings (SSSR count). The number of aliphatic hydroxyl groups excluding tert-OH is 1. The Balaban J connectivity index is 3.41. The quantitative estimate of drug-likeness (QED) is 0.565. The zero-order chi connectivity index (χ0) is 7.28. The summed E-state index contributed by atoms with van der Waals surface area (Å²) in [4.78, 5) is 0. The molecule has 0 aromatic heterocycles. The third kappa shape index (κ3) is 3.46. The Morgan fingerprint density at radius 1 is 1.56 bits per heavy atom. The van der Waals surface area contributed by atoms with E-state index in [0.29, 0.717) is 6.61 Å². The number of hydrogen-bond acceptors (Lipinski definition) is 3. The normalized spacial score (nSPS) is 17.3. The predicted molar refractivity (Wildman–Crippen MR) is 34.1 cm³/mol. The van der Waals surface area contributed by atoms with E-state index in [2.05, 4.69) is 0 Å². The van der Waals surface area contributed by atoms with Crippen molar-refractivity contribution in [2.24, 2.45) is 0 Å². The molecule has 0 aliphatic heterocycles. The Morgan fingerprint density at radius 3 is 2.22 bits per heavy atom. The third-order valence-electron chi connectivity index (χ3n) is 0.957. The van der Waals surface area contributed by atoms with Gasteiger partial charge in [0.15, 0.2) is 6.29 Å². The molecule has 0 saturated heterocycles. The van der Waals surface area contributed by atoms with Crippen LogP contribution in [0.3, 0.4) is 0 Å². The summed E-state index contributed by atoms with van der Waals surface area (Å²) in [5.41, 5.74) is 0. The monoisotopic (exact) mass is 134 g/mol. The molecule has 0 radical (unpaired) electrons. The SMILES string of the molecule is CCOC(OC)C(C)O. The highest BCUT2D eigenvalue weighted by Crippen LogP contribution is 1.98. The van der Waals surface area contributed by atoms with E-state index in [1.807, 2.05) is 6.92 Å². The van der Waals surface area contributed by atoms with Gasteiger partial charge in [0.25, 0.3) is 0 Å². The molecule has 0 saturated carbocycles. The lowest BCUT2D eigenvalue weighted by molar-refractivity contribution is -0.171. The van der Waals surface area contributed by atoms with Crippen LogP contribution in [-0.2, 0) is 9.47 Å². The maximum absolute atomic E-state index is 8.89. The van der Waals surface area contributed by atoms with Gasteiger partial charge in [-0.1, -0.05) is 0 Å². The molecule has 2 atom stereocenters. The summed E-state index contributed by atoms with van der Waals surface area (Å²) in [5, 5.41) is 8.89. The Kier molecular flexibility index (Phi) is 4.67. The van der Waals surface area contributed by atoms with Gasteiger partial charge in [0, 0.05) is 13.7 Å². The maximum Gasteiger partial charge on any atom is 0.182 e.